The number of carbonyl (C=O) groups excluding carboxylic acids is 1. The van der Waals surface area contributed by atoms with Gasteiger partial charge in [0, 0.05) is 18.9 Å². The minimum Gasteiger partial charge on any atom is -0.351 e. The number of nitrogens with two attached hydrogens (primary N) is 1. The quantitative estimate of drug-likeness (QED) is 0.836. The fourth-order valence-electron chi connectivity index (χ4n) is 2.81. The van der Waals surface area contributed by atoms with E-state index in [-0.39, 0.29) is 17.9 Å². The van der Waals surface area contributed by atoms with E-state index in [0.29, 0.717) is 11.1 Å². The molecule has 2 rings (SSSR count). The van der Waals surface area contributed by atoms with Gasteiger partial charge in [-0.2, -0.15) is 0 Å². The molecular weight excluding hydrogens is 262 g/mol. The van der Waals surface area contributed by atoms with Crippen molar-refractivity contribution in [2.24, 2.45) is 11.1 Å². The Balaban J connectivity index is 2.03. The molecule has 4 nitrogen and oxygen atoms in total. The van der Waals surface area contributed by atoms with Crippen LogP contribution in [0.2, 0.25) is 0 Å². The summed E-state index contributed by atoms with van der Waals surface area (Å²) in [6.45, 7) is 3.25. The summed E-state index contributed by atoms with van der Waals surface area (Å²) in [5.74, 6) is 5.60. The summed E-state index contributed by atoms with van der Waals surface area (Å²) in [4.78, 5) is 16.4. The van der Waals surface area contributed by atoms with Crippen LogP contribution < -0.4 is 11.1 Å². The molecular formula is C17H23N3O. The molecule has 112 valence electrons. The van der Waals surface area contributed by atoms with Crippen molar-refractivity contribution in [1.29, 1.82) is 0 Å². The third kappa shape index (κ3) is 4.30. The molecule has 21 heavy (non-hydrogen) atoms. The summed E-state index contributed by atoms with van der Waals surface area (Å²) in [6.07, 6.45) is 9.42. The number of carbonyl (C=O) groups is 1. The van der Waals surface area contributed by atoms with Crippen LogP contribution in [0, 0.1) is 17.3 Å². The van der Waals surface area contributed by atoms with E-state index in [2.05, 4.69) is 29.1 Å². The van der Waals surface area contributed by atoms with Crippen LogP contribution in [0.1, 0.15) is 54.9 Å². The second-order valence-corrected chi connectivity index (χ2v) is 5.98. The Kier molecular flexibility index (Phi) is 5.35. The normalized spacial score (nSPS) is 16.7. The van der Waals surface area contributed by atoms with Crippen molar-refractivity contribution in [2.75, 3.05) is 13.1 Å². The summed E-state index contributed by atoms with van der Waals surface area (Å²) in [5, 5.41) is 3.06. The van der Waals surface area contributed by atoms with Gasteiger partial charge in [-0.05, 0) is 24.3 Å². The highest BCUT2D eigenvalue weighted by Gasteiger charge is 2.27. The Morgan fingerprint density at radius 2 is 2.19 bits per heavy atom. The predicted molar refractivity (Wildman–Crippen MR) is 83.7 cm³/mol. The van der Waals surface area contributed by atoms with E-state index in [4.69, 9.17) is 5.73 Å². The Bertz CT molecular complexity index is 551. The summed E-state index contributed by atoms with van der Waals surface area (Å²) in [7, 11) is 0. The lowest BCUT2D eigenvalue weighted by atomic mass is 9.76. The van der Waals surface area contributed by atoms with Gasteiger partial charge in [-0.15, -0.1) is 0 Å². The first kappa shape index (κ1) is 15.5. The van der Waals surface area contributed by atoms with Crippen LogP contribution in [0.15, 0.2) is 18.5 Å². The van der Waals surface area contributed by atoms with Gasteiger partial charge in [0.25, 0.3) is 5.91 Å². The van der Waals surface area contributed by atoms with E-state index in [1.807, 2.05) is 0 Å². The molecule has 0 atom stereocenters. The van der Waals surface area contributed by atoms with Gasteiger partial charge in [0.05, 0.1) is 17.7 Å². The van der Waals surface area contributed by atoms with Crippen LogP contribution in [0.3, 0.4) is 0 Å². The van der Waals surface area contributed by atoms with Gasteiger partial charge in [0.1, 0.15) is 0 Å². The van der Waals surface area contributed by atoms with Gasteiger partial charge in [-0.1, -0.05) is 38.0 Å². The maximum atomic E-state index is 12.4. The lowest BCUT2D eigenvalue weighted by molar-refractivity contribution is 0.0919. The highest BCUT2D eigenvalue weighted by molar-refractivity contribution is 5.96. The summed E-state index contributed by atoms with van der Waals surface area (Å²) < 4.78 is 0. The van der Waals surface area contributed by atoms with Gasteiger partial charge in [-0.25, -0.2) is 0 Å². The van der Waals surface area contributed by atoms with E-state index < -0.39 is 0 Å². The van der Waals surface area contributed by atoms with Gasteiger partial charge in [0.2, 0.25) is 0 Å². The third-order valence-electron chi connectivity index (χ3n) is 4.13. The average molecular weight is 285 g/mol. The minimum atomic E-state index is -0.0782. The summed E-state index contributed by atoms with van der Waals surface area (Å²) >= 11 is 0. The smallest absolute Gasteiger partial charge is 0.252 e. The molecule has 1 aromatic rings. The first-order chi connectivity index (χ1) is 10.1. The Labute approximate surface area is 126 Å². The molecule has 0 radical (unpaired) electrons. The monoisotopic (exact) mass is 285 g/mol. The average Bonchev–Trinajstić information content (AvgIpc) is 2.52. The standard InChI is InChI=1S/C17H23N3O/c1-17(8-3-2-4-9-17)13-20-16(21)15-7-11-19-12-14(15)6-5-10-18/h7,11-12H,2-4,8-10,13,18H2,1H3,(H,20,21). The molecule has 0 aliphatic heterocycles. The maximum absolute atomic E-state index is 12.4. The molecule has 0 bridgehead atoms. The van der Waals surface area contributed by atoms with E-state index in [1.54, 1.807) is 18.5 Å². The molecule has 4 heteroatoms. The highest BCUT2D eigenvalue weighted by Crippen LogP contribution is 2.34. The van der Waals surface area contributed by atoms with Crippen LogP contribution in [0.25, 0.3) is 0 Å². The van der Waals surface area contributed by atoms with E-state index in [9.17, 15) is 4.79 Å². The van der Waals surface area contributed by atoms with Crippen molar-refractivity contribution in [1.82, 2.24) is 10.3 Å². The molecule has 0 spiro atoms. The van der Waals surface area contributed by atoms with Gasteiger partial charge >= 0.3 is 0 Å². The van der Waals surface area contributed by atoms with Crippen LogP contribution in [0.4, 0.5) is 0 Å². The number of nitrogens with one attached hydrogen (secondary N) is 1. The second-order valence-electron chi connectivity index (χ2n) is 5.98. The molecule has 0 unspecified atom stereocenters. The van der Waals surface area contributed by atoms with Gasteiger partial charge in [0.15, 0.2) is 0 Å². The largest absolute Gasteiger partial charge is 0.351 e. The first-order valence-electron chi connectivity index (χ1n) is 7.56. The maximum Gasteiger partial charge on any atom is 0.252 e. The molecule has 1 amide bonds. The number of pyridine rings is 1. The molecule has 1 fully saturated rings. The Morgan fingerprint density at radius 3 is 2.90 bits per heavy atom. The topological polar surface area (TPSA) is 68.0 Å². The number of hydrogen-bond acceptors (Lipinski definition) is 3. The van der Waals surface area contributed by atoms with E-state index in [1.165, 1.54) is 32.1 Å². The zero-order valence-corrected chi connectivity index (χ0v) is 12.6. The lowest BCUT2D eigenvalue weighted by Gasteiger charge is -2.33. The zero-order valence-electron chi connectivity index (χ0n) is 12.6. The molecule has 1 heterocycles. The molecule has 1 saturated carbocycles. The van der Waals surface area contributed by atoms with Crippen molar-refractivity contribution >= 4 is 5.91 Å². The summed E-state index contributed by atoms with van der Waals surface area (Å²) in [5.41, 5.74) is 6.82. The fraction of sp³-hybridized carbons (Fsp3) is 0.529. The molecule has 1 aliphatic carbocycles. The second kappa shape index (κ2) is 7.24. The number of rotatable bonds is 3. The SMILES string of the molecule is CC1(CNC(=O)c2ccncc2C#CCN)CCCCC1. The molecule has 1 aromatic heterocycles. The van der Waals surface area contributed by atoms with Crippen LogP contribution in [0.5, 0.6) is 0 Å². The van der Waals surface area contributed by atoms with Crippen molar-refractivity contribution < 1.29 is 4.79 Å². The number of aromatic nitrogens is 1. The number of hydrogen-bond donors (Lipinski definition) is 2. The fourth-order valence-corrected chi connectivity index (χ4v) is 2.81. The molecule has 3 N–H and O–H groups in total. The van der Waals surface area contributed by atoms with Crippen molar-refractivity contribution in [3.05, 3.63) is 29.6 Å². The van der Waals surface area contributed by atoms with Crippen molar-refractivity contribution in [2.45, 2.75) is 39.0 Å². The van der Waals surface area contributed by atoms with Gasteiger partial charge in [-0.3, -0.25) is 9.78 Å². The van der Waals surface area contributed by atoms with Crippen molar-refractivity contribution in [3.8, 4) is 11.8 Å². The third-order valence-corrected chi connectivity index (χ3v) is 4.13. The van der Waals surface area contributed by atoms with Gasteiger partial charge < -0.3 is 11.1 Å². The first-order valence-corrected chi connectivity index (χ1v) is 7.56. The highest BCUT2D eigenvalue weighted by atomic mass is 16.1. The Hall–Kier alpha value is -1.86. The minimum absolute atomic E-state index is 0.0782. The summed E-state index contributed by atoms with van der Waals surface area (Å²) in [6, 6.07) is 1.71. The van der Waals surface area contributed by atoms with E-state index in [0.717, 1.165) is 6.54 Å². The molecule has 0 aromatic carbocycles. The Morgan fingerprint density at radius 1 is 1.43 bits per heavy atom. The van der Waals surface area contributed by atoms with Crippen LogP contribution >= 0.6 is 0 Å². The van der Waals surface area contributed by atoms with Crippen LogP contribution in [-0.2, 0) is 0 Å². The number of amides is 1. The predicted octanol–water partition coefficient (Wildman–Crippen LogP) is 2.09. The zero-order chi connectivity index (χ0) is 15.1. The molecule has 1 aliphatic rings. The van der Waals surface area contributed by atoms with Crippen molar-refractivity contribution in [3.63, 3.8) is 0 Å². The molecule has 0 saturated heterocycles. The number of nitrogens with zero attached hydrogens (tertiary/aromatic N) is 1. The van der Waals surface area contributed by atoms with Crippen LogP contribution in [-0.4, -0.2) is 24.0 Å². The van der Waals surface area contributed by atoms with E-state index >= 15 is 0 Å². The lowest BCUT2D eigenvalue weighted by Crippen LogP contribution is -2.37.